The second-order valence-electron chi connectivity index (χ2n) is 8.74. The number of carbonyl (C=O) groups is 1. The number of benzene rings is 2. The van der Waals surface area contributed by atoms with Gasteiger partial charge in [0, 0.05) is 23.6 Å². The number of hydrogen-bond donors (Lipinski definition) is 4. The number of anilines is 1. The largest absolute Gasteiger partial charge is 0.504 e. The van der Waals surface area contributed by atoms with Gasteiger partial charge in [-0.25, -0.2) is 0 Å². The minimum Gasteiger partial charge on any atom is -0.504 e. The van der Waals surface area contributed by atoms with Gasteiger partial charge < -0.3 is 29.4 Å². The molecule has 2 heterocycles. The quantitative estimate of drug-likeness (QED) is 0.410. The maximum Gasteiger partial charge on any atom is 0.270 e. The van der Waals surface area contributed by atoms with E-state index in [1.165, 1.54) is 13.2 Å². The summed E-state index contributed by atoms with van der Waals surface area (Å²) >= 11 is 0. The molecule has 3 aromatic rings. The Morgan fingerprint density at radius 3 is 2.14 bits per heavy atom. The highest BCUT2D eigenvalue weighted by Gasteiger charge is 2.41. The Balaban J connectivity index is 1.60. The molecule has 10 nitrogen and oxygen atoms in total. The van der Waals surface area contributed by atoms with E-state index in [2.05, 4.69) is 15.5 Å². The molecule has 36 heavy (non-hydrogen) atoms. The fraction of sp³-hybridized carbons (Fsp3) is 0.308. The number of carbonyl (C=O) groups excluding carboxylic acids is 1. The minimum absolute atomic E-state index is 0.0669. The number of hydrogen-bond acceptors (Lipinski definition) is 8. The summed E-state index contributed by atoms with van der Waals surface area (Å²) in [7, 11) is 6.10. The van der Waals surface area contributed by atoms with E-state index in [0.717, 1.165) is 5.56 Å². The van der Waals surface area contributed by atoms with E-state index in [-0.39, 0.29) is 29.4 Å². The molecule has 0 saturated heterocycles. The van der Waals surface area contributed by atoms with E-state index in [1.54, 1.807) is 33.5 Å². The molecule has 0 amide bonds. The number of nitrogens with one attached hydrogen (secondary N) is 3. The Morgan fingerprint density at radius 1 is 0.833 bits per heavy atom. The first-order valence-corrected chi connectivity index (χ1v) is 11.4. The number of phenols is 1. The van der Waals surface area contributed by atoms with Crippen molar-refractivity contribution in [2.75, 3.05) is 33.8 Å². The van der Waals surface area contributed by atoms with Crippen LogP contribution in [0.15, 0.2) is 46.4 Å². The predicted octanol–water partition coefficient (Wildman–Crippen LogP) is 3.40. The first kappa shape index (κ1) is 23.4. The number of H-pyrrole nitrogens is 2. The normalized spacial score (nSPS) is 18.7. The van der Waals surface area contributed by atoms with Gasteiger partial charge in [0.2, 0.25) is 5.75 Å². The Morgan fingerprint density at radius 2 is 1.53 bits per heavy atom. The summed E-state index contributed by atoms with van der Waals surface area (Å²) in [5, 5.41) is 19.2. The van der Waals surface area contributed by atoms with Gasteiger partial charge in [-0.1, -0.05) is 6.07 Å². The lowest BCUT2D eigenvalue weighted by atomic mass is 9.72. The van der Waals surface area contributed by atoms with Crippen molar-refractivity contribution in [1.29, 1.82) is 0 Å². The van der Waals surface area contributed by atoms with Crippen LogP contribution in [0.25, 0.3) is 0 Å². The topological polar surface area (TPSA) is 135 Å². The van der Waals surface area contributed by atoms with Crippen molar-refractivity contribution >= 4 is 11.6 Å². The van der Waals surface area contributed by atoms with Crippen LogP contribution in [0.4, 0.5) is 5.82 Å². The highest BCUT2D eigenvalue weighted by atomic mass is 16.5. The first-order chi connectivity index (χ1) is 17.4. The molecule has 0 spiro atoms. The number of aromatic amines is 2. The third-order valence-corrected chi connectivity index (χ3v) is 6.87. The third kappa shape index (κ3) is 3.65. The summed E-state index contributed by atoms with van der Waals surface area (Å²) in [4.78, 5) is 26.4. The molecule has 5 rings (SSSR count). The van der Waals surface area contributed by atoms with E-state index in [0.29, 0.717) is 57.6 Å². The summed E-state index contributed by atoms with van der Waals surface area (Å²) in [5.74, 6) is 1.36. The van der Waals surface area contributed by atoms with Crippen LogP contribution in [0.3, 0.4) is 0 Å². The maximum atomic E-state index is 13.7. The number of rotatable bonds is 6. The van der Waals surface area contributed by atoms with Crippen molar-refractivity contribution < 1.29 is 28.8 Å². The van der Waals surface area contributed by atoms with Gasteiger partial charge in [0.05, 0.1) is 34.0 Å². The Hall–Kier alpha value is -4.34. The van der Waals surface area contributed by atoms with E-state index in [4.69, 9.17) is 18.9 Å². The molecule has 1 aliphatic heterocycles. The molecule has 1 aliphatic carbocycles. The number of ketones is 1. The molecule has 0 bridgehead atoms. The molecule has 2 aromatic carbocycles. The Bertz CT molecular complexity index is 1410. The molecule has 10 heteroatoms. The average molecular weight is 494 g/mol. The number of Topliss-reactive ketones (excluding diaryl/α,β-unsaturated/α-hetero) is 1. The number of phenolic OH excluding ortho intramolecular Hbond substituents is 1. The standard InChI is InChI=1S/C26H27N3O7/c1-33-18-6-5-12(8-16(18)30)21-22-15(27-25-23(21)26(32)29-28-25)7-13(9-17(22)31)14-10-19(34-2)24(36-4)20(11-14)35-3/h5-6,8,10-11,13,21,30H,7,9H2,1-4H3,(H3,27,28,29,32)/t13-,21+/m0/s1. The van der Waals surface area contributed by atoms with Gasteiger partial charge in [-0.3, -0.25) is 19.8 Å². The molecule has 0 unspecified atom stereocenters. The Labute approximate surface area is 206 Å². The molecule has 0 fully saturated rings. The smallest absolute Gasteiger partial charge is 0.270 e. The molecule has 0 saturated carbocycles. The summed E-state index contributed by atoms with van der Waals surface area (Å²) in [6, 6.07) is 8.63. The number of allylic oxidation sites excluding steroid dienone is 2. The Kier molecular flexibility index (Phi) is 5.87. The summed E-state index contributed by atoms with van der Waals surface area (Å²) in [5.41, 5.74) is 2.79. The van der Waals surface area contributed by atoms with Crippen LogP contribution in [0, 0.1) is 0 Å². The van der Waals surface area contributed by atoms with Crippen LogP contribution in [0.2, 0.25) is 0 Å². The number of fused-ring (bicyclic) bond motifs is 1. The molecule has 4 N–H and O–H groups in total. The lowest BCUT2D eigenvalue weighted by Crippen LogP contribution is -2.31. The van der Waals surface area contributed by atoms with Gasteiger partial charge in [-0.2, -0.15) is 0 Å². The number of methoxy groups -OCH3 is 4. The lowest BCUT2D eigenvalue weighted by Gasteiger charge is -2.34. The van der Waals surface area contributed by atoms with E-state index in [9.17, 15) is 14.7 Å². The average Bonchev–Trinajstić information content (AvgIpc) is 3.26. The van der Waals surface area contributed by atoms with E-state index in [1.807, 2.05) is 12.1 Å². The van der Waals surface area contributed by atoms with Crippen molar-refractivity contribution in [2.45, 2.75) is 24.7 Å². The van der Waals surface area contributed by atoms with Crippen molar-refractivity contribution in [3.63, 3.8) is 0 Å². The van der Waals surface area contributed by atoms with Crippen LogP contribution < -0.4 is 29.8 Å². The third-order valence-electron chi connectivity index (χ3n) is 6.87. The van der Waals surface area contributed by atoms with Gasteiger partial charge in [0.1, 0.15) is 5.82 Å². The molecule has 0 radical (unpaired) electrons. The van der Waals surface area contributed by atoms with Crippen molar-refractivity contribution in [3.8, 4) is 28.7 Å². The predicted molar refractivity (Wildman–Crippen MR) is 132 cm³/mol. The van der Waals surface area contributed by atoms with Crippen molar-refractivity contribution in [1.82, 2.24) is 10.2 Å². The lowest BCUT2D eigenvalue weighted by molar-refractivity contribution is -0.116. The second kappa shape index (κ2) is 9.03. The maximum absolute atomic E-state index is 13.7. The van der Waals surface area contributed by atoms with Crippen molar-refractivity contribution in [3.05, 3.63) is 68.6 Å². The SMILES string of the molecule is COc1ccc([C@@H]2C3=C(C[C@H](c4cc(OC)c(OC)c(OC)c4)CC3=O)Nc3[nH][nH]c(=O)c32)cc1O. The molecule has 1 aromatic heterocycles. The zero-order valence-corrected chi connectivity index (χ0v) is 20.4. The fourth-order valence-corrected chi connectivity index (χ4v) is 5.21. The number of aromatic nitrogens is 2. The minimum atomic E-state index is -0.642. The summed E-state index contributed by atoms with van der Waals surface area (Å²) in [6.45, 7) is 0. The van der Waals surface area contributed by atoms with Crippen molar-refractivity contribution in [2.24, 2.45) is 0 Å². The molecular formula is C26H27N3O7. The van der Waals surface area contributed by atoms with Gasteiger partial charge in [0.25, 0.3) is 5.56 Å². The van der Waals surface area contributed by atoms with Gasteiger partial charge in [-0.05, 0) is 47.7 Å². The molecule has 2 atom stereocenters. The van der Waals surface area contributed by atoms with E-state index < -0.39 is 5.92 Å². The van der Waals surface area contributed by atoms with Gasteiger partial charge in [-0.15, -0.1) is 0 Å². The monoisotopic (exact) mass is 493 g/mol. The highest BCUT2D eigenvalue weighted by molar-refractivity contribution is 6.01. The number of aromatic hydroxyl groups is 1. The first-order valence-electron chi connectivity index (χ1n) is 11.4. The molecule has 188 valence electrons. The molecular weight excluding hydrogens is 466 g/mol. The second-order valence-corrected chi connectivity index (χ2v) is 8.74. The highest BCUT2D eigenvalue weighted by Crippen LogP contribution is 2.49. The van der Waals surface area contributed by atoms with Gasteiger partial charge >= 0.3 is 0 Å². The summed E-state index contributed by atoms with van der Waals surface area (Å²) in [6.07, 6.45) is 0.750. The zero-order valence-electron chi connectivity index (χ0n) is 20.4. The van der Waals surface area contributed by atoms with Crippen LogP contribution in [0.5, 0.6) is 28.7 Å². The fourth-order valence-electron chi connectivity index (χ4n) is 5.21. The number of ether oxygens (including phenoxy) is 4. The van der Waals surface area contributed by atoms with Crippen LogP contribution in [-0.2, 0) is 4.79 Å². The summed E-state index contributed by atoms with van der Waals surface area (Å²) < 4.78 is 21.6. The van der Waals surface area contributed by atoms with Crippen LogP contribution in [0.1, 0.15) is 41.4 Å². The molecule has 2 aliphatic rings. The van der Waals surface area contributed by atoms with Gasteiger partial charge in [0.15, 0.2) is 28.8 Å². The zero-order chi connectivity index (χ0) is 25.6. The van der Waals surface area contributed by atoms with E-state index >= 15 is 0 Å². The van der Waals surface area contributed by atoms with Crippen LogP contribution >= 0.6 is 0 Å². The van der Waals surface area contributed by atoms with Crippen LogP contribution in [-0.4, -0.2) is 49.5 Å².